The minimum atomic E-state index is -4.78. The smallest absolute Gasteiger partial charge is 0.406 e. The third kappa shape index (κ3) is 4.11. The van der Waals surface area contributed by atoms with Crippen LogP contribution in [0.1, 0.15) is 29.2 Å². The highest BCUT2D eigenvalue weighted by atomic mass is 19.4. The minimum absolute atomic E-state index is 0.197. The zero-order chi connectivity index (χ0) is 19.7. The summed E-state index contributed by atoms with van der Waals surface area (Å²) in [6.45, 7) is 0. The number of carbonyl (C=O) groups excluding carboxylic acids is 1. The Balaban J connectivity index is 1.48. The van der Waals surface area contributed by atoms with E-state index in [1.165, 1.54) is 12.1 Å². The van der Waals surface area contributed by atoms with Gasteiger partial charge in [0.25, 0.3) is 5.91 Å². The number of carbonyl (C=O) groups is 1. The van der Waals surface area contributed by atoms with Crippen LogP contribution < -0.4 is 10.1 Å². The number of halogens is 3. The van der Waals surface area contributed by atoms with Crippen LogP contribution in [0.25, 0.3) is 11.4 Å². The molecule has 0 saturated heterocycles. The maximum atomic E-state index is 12.4. The quantitative estimate of drug-likeness (QED) is 0.717. The zero-order valence-electron chi connectivity index (χ0n) is 14.3. The number of ether oxygens (including phenoxy) is 1. The Kier molecular flexibility index (Phi) is 4.46. The molecule has 4 rings (SSSR count). The molecule has 0 unspecified atom stereocenters. The molecule has 28 heavy (non-hydrogen) atoms. The van der Waals surface area contributed by atoms with E-state index in [4.69, 9.17) is 0 Å². The van der Waals surface area contributed by atoms with Crippen molar-refractivity contribution in [1.82, 2.24) is 20.2 Å². The lowest BCUT2D eigenvalue weighted by Gasteiger charge is -2.10. The van der Waals surface area contributed by atoms with Gasteiger partial charge in [-0.25, -0.2) is 4.68 Å². The average molecular weight is 389 g/mol. The molecule has 1 aliphatic rings. The van der Waals surface area contributed by atoms with E-state index >= 15 is 0 Å². The van der Waals surface area contributed by atoms with Crippen LogP contribution in [-0.4, -0.2) is 32.5 Å². The van der Waals surface area contributed by atoms with Gasteiger partial charge in [-0.3, -0.25) is 4.79 Å². The molecule has 144 valence electrons. The minimum Gasteiger partial charge on any atom is -0.406 e. The molecule has 1 N–H and O–H groups in total. The van der Waals surface area contributed by atoms with Crippen molar-refractivity contribution in [2.24, 2.45) is 0 Å². The van der Waals surface area contributed by atoms with Crippen LogP contribution in [0.15, 0.2) is 48.5 Å². The fourth-order valence-corrected chi connectivity index (χ4v) is 2.70. The van der Waals surface area contributed by atoms with Crippen LogP contribution >= 0.6 is 0 Å². The van der Waals surface area contributed by atoms with Crippen molar-refractivity contribution in [2.45, 2.75) is 25.2 Å². The SMILES string of the molecule is O=C(Nc1cccc(-c2nnnn2C2CC2)c1)c1ccc(OC(F)(F)F)cc1. The van der Waals surface area contributed by atoms with Gasteiger partial charge < -0.3 is 10.1 Å². The summed E-state index contributed by atoms with van der Waals surface area (Å²) in [5.41, 5.74) is 1.47. The van der Waals surface area contributed by atoms with Crippen molar-refractivity contribution in [3.05, 3.63) is 54.1 Å². The van der Waals surface area contributed by atoms with Gasteiger partial charge >= 0.3 is 6.36 Å². The van der Waals surface area contributed by atoms with E-state index in [0.717, 1.165) is 30.5 Å². The molecule has 0 bridgehead atoms. The van der Waals surface area contributed by atoms with E-state index in [1.54, 1.807) is 22.9 Å². The van der Waals surface area contributed by atoms with Crippen molar-refractivity contribution < 1.29 is 22.7 Å². The number of nitrogens with one attached hydrogen (secondary N) is 1. The predicted molar refractivity (Wildman–Crippen MR) is 92.6 cm³/mol. The van der Waals surface area contributed by atoms with Crippen LogP contribution in [0.4, 0.5) is 18.9 Å². The van der Waals surface area contributed by atoms with Crippen molar-refractivity contribution >= 4 is 11.6 Å². The molecule has 1 heterocycles. The lowest BCUT2D eigenvalue weighted by Crippen LogP contribution is -2.17. The van der Waals surface area contributed by atoms with Crippen LogP contribution in [0.5, 0.6) is 5.75 Å². The Hall–Kier alpha value is -3.43. The van der Waals surface area contributed by atoms with Gasteiger partial charge in [0, 0.05) is 16.8 Å². The maximum absolute atomic E-state index is 12.4. The number of aromatic nitrogens is 4. The van der Waals surface area contributed by atoms with Gasteiger partial charge in [-0.2, -0.15) is 0 Å². The van der Waals surface area contributed by atoms with Crippen LogP contribution in [0.2, 0.25) is 0 Å². The lowest BCUT2D eigenvalue weighted by atomic mass is 10.1. The number of hydrogen-bond acceptors (Lipinski definition) is 5. The highest BCUT2D eigenvalue weighted by molar-refractivity contribution is 6.04. The summed E-state index contributed by atoms with van der Waals surface area (Å²) < 4.78 is 42.2. The van der Waals surface area contributed by atoms with Crippen molar-refractivity contribution in [2.75, 3.05) is 5.32 Å². The first-order valence-electron chi connectivity index (χ1n) is 8.44. The average Bonchev–Trinajstić information content (AvgIpc) is 3.37. The molecule has 2 aromatic carbocycles. The van der Waals surface area contributed by atoms with Gasteiger partial charge in [-0.15, -0.1) is 18.3 Å². The fourth-order valence-electron chi connectivity index (χ4n) is 2.70. The Morgan fingerprint density at radius 2 is 1.89 bits per heavy atom. The molecular weight excluding hydrogens is 375 g/mol. The Morgan fingerprint density at radius 1 is 1.14 bits per heavy atom. The first kappa shape index (κ1) is 18.0. The molecule has 7 nitrogen and oxygen atoms in total. The van der Waals surface area contributed by atoms with Gasteiger partial charge in [0.05, 0.1) is 6.04 Å². The van der Waals surface area contributed by atoms with Gasteiger partial charge in [-0.1, -0.05) is 12.1 Å². The maximum Gasteiger partial charge on any atom is 0.573 e. The summed E-state index contributed by atoms with van der Waals surface area (Å²) in [6, 6.07) is 12.0. The molecule has 0 spiro atoms. The van der Waals surface area contributed by atoms with Gasteiger partial charge in [0.2, 0.25) is 0 Å². The van der Waals surface area contributed by atoms with Gasteiger partial charge in [0.1, 0.15) is 5.75 Å². The number of hydrogen-bond donors (Lipinski definition) is 1. The van der Waals surface area contributed by atoms with E-state index in [-0.39, 0.29) is 5.56 Å². The normalized spacial score (nSPS) is 14.0. The van der Waals surface area contributed by atoms with Gasteiger partial charge in [-0.05, 0) is 59.7 Å². The molecule has 0 aliphatic heterocycles. The summed E-state index contributed by atoms with van der Waals surface area (Å²) >= 11 is 0. The second kappa shape index (κ2) is 6.95. The van der Waals surface area contributed by atoms with Crippen LogP contribution in [0, 0.1) is 0 Å². The Labute approximate surface area is 157 Å². The van der Waals surface area contributed by atoms with E-state index in [1.807, 2.05) is 6.07 Å². The predicted octanol–water partition coefficient (Wildman–Crippen LogP) is 3.83. The van der Waals surface area contributed by atoms with Gasteiger partial charge in [0.15, 0.2) is 5.82 Å². The molecule has 1 aliphatic carbocycles. The lowest BCUT2D eigenvalue weighted by molar-refractivity contribution is -0.274. The molecule has 1 fully saturated rings. The van der Waals surface area contributed by atoms with Crippen LogP contribution in [-0.2, 0) is 0 Å². The number of anilines is 1. The molecule has 3 aromatic rings. The van der Waals surface area contributed by atoms with E-state index in [0.29, 0.717) is 17.6 Å². The summed E-state index contributed by atoms with van der Waals surface area (Å²) in [6.07, 6.45) is -2.72. The van der Waals surface area contributed by atoms with Crippen LogP contribution in [0.3, 0.4) is 0 Å². The molecule has 1 saturated carbocycles. The topological polar surface area (TPSA) is 81.9 Å². The number of alkyl halides is 3. The second-order valence-electron chi connectivity index (χ2n) is 6.29. The first-order chi connectivity index (χ1) is 13.4. The highest BCUT2D eigenvalue weighted by Crippen LogP contribution is 2.36. The monoisotopic (exact) mass is 389 g/mol. The molecule has 0 atom stereocenters. The van der Waals surface area contributed by atoms with E-state index in [9.17, 15) is 18.0 Å². The Morgan fingerprint density at radius 3 is 2.57 bits per heavy atom. The Bertz CT molecular complexity index is 997. The number of amides is 1. The number of rotatable bonds is 5. The van der Waals surface area contributed by atoms with E-state index in [2.05, 4.69) is 25.6 Å². The molecular formula is C18H14F3N5O2. The molecule has 0 radical (unpaired) electrons. The summed E-state index contributed by atoms with van der Waals surface area (Å²) in [5.74, 6) is -0.234. The third-order valence-corrected chi connectivity index (χ3v) is 4.11. The summed E-state index contributed by atoms with van der Waals surface area (Å²) in [4.78, 5) is 12.4. The zero-order valence-corrected chi connectivity index (χ0v) is 14.3. The fraction of sp³-hybridized carbons (Fsp3) is 0.222. The van der Waals surface area contributed by atoms with Crippen molar-refractivity contribution in [3.63, 3.8) is 0 Å². The van der Waals surface area contributed by atoms with Crippen molar-refractivity contribution in [1.29, 1.82) is 0 Å². The summed E-state index contributed by atoms with van der Waals surface area (Å²) in [5, 5.41) is 14.5. The molecule has 1 aromatic heterocycles. The van der Waals surface area contributed by atoms with E-state index < -0.39 is 18.0 Å². The highest BCUT2D eigenvalue weighted by Gasteiger charge is 2.31. The largest absolute Gasteiger partial charge is 0.573 e. The first-order valence-corrected chi connectivity index (χ1v) is 8.44. The summed E-state index contributed by atoms with van der Waals surface area (Å²) in [7, 11) is 0. The molecule has 1 amide bonds. The third-order valence-electron chi connectivity index (χ3n) is 4.11. The number of benzene rings is 2. The molecule has 10 heteroatoms. The second-order valence-corrected chi connectivity index (χ2v) is 6.29. The standard InChI is InChI=1S/C18H14F3N5O2/c19-18(20,21)28-15-8-4-11(5-9-15)17(27)22-13-3-1-2-12(10-13)16-23-24-25-26(16)14-6-7-14/h1-5,8-10,14H,6-7H2,(H,22,27). The number of tetrazole rings is 1. The number of nitrogens with zero attached hydrogens (tertiary/aromatic N) is 4. The van der Waals surface area contributed by atoms with Crippen molar-refractivity contribution in [3.8, 4) is 17.1 Å².